The van der Waals surface area contributed by atoms with Crippen molar-refractivity contribution in [1.29, 1.82) is 0 Å². The molecular formula is C25H34F3IO. The molecule has 5 heteroatoms. The monoisotopic (exact) mass is 534 g/mol. The molecule has 2 rings (SSSR count). The predicted molar refractivity (Wildman–Crippen MR) is 128 cm³/mol. The molecule has 0 amide bonds. The number of rotatable bonds is 9. The lowest BCUT2D eigenvalue weighted by Crippen LogP contribution is -2.25. The lowest BCUT2D eigenvalue weighted by Gasteiger charge is -2.28. The van der Waals surface area contributed by atoms with Crippen molar-refractivity contribution in [3.05, 3.63) is 59.4 Å². The Morgan fingerprint density at radius 1 is 1.10 bits per heavy atom. The van der Waals surface area contributed by atoms with E-state index in [0.717, 1.165) is 29.3 Å². The molecule has 168 valence electrons. The van der Waals surface area contributed by atoms with E-state index in [-0.39, 0.29) is 22.7 Å². The van der Waals surface area contributed by atoms with Gasteiger partial charge >= 0.3 is 6.11 Å². The van der Waals surface area contributed by atoms with Gasteiger partial charge in [-0.2, -0.15) is 8.78 Å². The summed E-state index contributed by atoms with van der Waals surface area (Å²) in [5.74, 6) is 0.365. The number of hydrogen-bond donors (Lipinski definition) is 0. The molecule has 0 aromatic carbocycles. The van der Waals surface area contributed by atoms with E-state index in [2.05, 4.69) is 28.7 Å². The van der Waals surface area contributed by atoms with E-state index >= 15 is 8.78 Å². The van der Waals surface area contributed by atoms with Crippen LogP contribution in [0.5, 0.6) is 0 Å². The maximum atomic E-state index is 15.3. The molecule has 0 saturated heterocycles. The van der Waals surface area contributed by atoms with Gasteiger partial charge < -0.3 is 4.74 Å². The van der Waals surface area contributed by atoms with Gasteiger partial charge in [0, 0.05) is 5.41 Å². The molecule has 3 atom stereocenters. The second-order valence-electron chi connectivity index (χ2n) is 9.27. The number of alkyl halides is 4. The molecule has 3 unspecified atom stereocenters. The zero-order chi connectivity index (χ0) is 22.4. The van der Waals surface area contributed by atoms with Gasteiger partial charge in [0.15, 0.2) is 0 Å². The summed E-state index contributed by atoms with van der Waals surface area (Å²) in [6.07, 6.45) is 12.3. The highest BCUT2D eigenvalue weighted by Gasteiger charge is 2.39. The Balaban J connectivity index is 2.32. The van der Waals surface area contributed by atoms with Gasteiger partial charge in [0.1, 0.15) is 5.76 Å². The largest absolute Gasteiger partial charge is 0.429 e. The van der Waals surface area contributed by atoms with Crippen LogP contribution in [-0.4, -0.2) is 17.2 Å². The van der Waals surface area contributed by atoms with E-state index in [1.807, 2.05) is 33.8 Å². The summed E-state index contributed by atoms with van der Waals surface area (Å²) in [5, 5.41) is 0. The average Bonchev–Trinajstić information content (AvgIpc) is 2.89. The van der Waals surface area contributed by atoms with Crippen molar-refractivity contribution in [3.63, 3.8) is 0 Å². The van der Waals surface area contributed by atoms with Crippen LogP contribution in [0.1, 0.15) is 59.8 Å². The highest BCUT2D eigenvalue weighted by Crippen LogP contribution is 2.42. The van der Waals surface area contributed by atoms with E-state index < -0.39 is 18.2 Å². The molecule has 2 aliphatic carbocycles. The van der Waals surface area contributed by atoms with Crippen LogP contribution in [0, 0.1) is 16.7 Å². The standard InChI is InChI=1S/C25H34F3IO/c1-19-7-9-21(17-23(3,15-19)12-6-14-29)25(27,28)30-22-10-8-20(2)16-24(4,18-22)11-5-13-26/h7-10,15,17-18,20H,5-6,11-14,16H2,1-4H3. The molecule has 0 heterocycles. The van der Waals surface area contributed by atoms with Gasteiger partial charge in [-0.3, -0.25) is 4.39 Å². The summed E-state index contributed by atoms with van der Waals surface area (Å²) in [6, 6.07) is 0. The average molecular weight is 534 g/mol. The Morgan fingerprint density at radius 2 is 1.83 bits per heavy atom. The van der Waals surface area contributed by atoms with Gasteiger partial charge in [0.05, 0.1) is 12.2 Å². The second kappa shape index (κ2) is 10.6. The smallest absolute Gasteiger partial charge is 0.426 e. The van der Waals surface area contributed by atoms with Gasteiger partial charge in [0.25, 0.3) is 0 Å². The summed E-state index contributed by atoms with van der Waals surface area (Å²) in [6.45, 7) is 7.56. The van der Waals surface area contributed by atoms with Crippen molar-refractivity contribution in [2.24, 2.45) is 16.7 Å². The van der Waals surface area contributed by atoms with Crippen molar-refractivity contribution in [3.8, 4) is 0 Å². The third-order valence-electron chi connectivity index (χ3n) is 5.75. The molecule has 0 aromatic heterocycles. The molecule has 0 fully saturated rings. The summed E-state index contributed by atoms with van der Waals surface area (Å²) in [7, 11) is 0. The van der Waals surface area contributed by atoms with Crippen LogP contribution >= 0.6 is 22.6 Å². The normalized spacial score (nSPS) is 29.6. The lowest BCUT2D eigenvalue weighted by molar-refractivity contribution is -0.177. The zero-order valence-corrected chi connectivity index (χ0v) is 20.6. The first kappa shape index (κ1) is 25.3. The Kier molecular flexibility index (Phi) is 8.90. The van der Waals surface area contributed by atoms with Gasteiger partial charge in [0.2, 0.25) is 0 Å². The fraction of sp³-hybridized carbons (Fsp3) is 0.600. The van der Waals surface area contributed by atoms with Crippen molar-refractivity contribution >= 4 is 22.6 Å². The summed E-state index contributed by atoms with van der Waals surface area (Å²) in [5.41, 5.74) is 0.0255. The molecule has 0 bridgehead atoms. The van der Waals surface area contributed by atoms with Crippen molar-refractivity contribution in [1.82, 2.24) is 0 Å². The first-order valence-electron chi connectivity index (χ1n) is 10.7. The Labute approximate surface area is 193 Å². The molecule has 2 aliphatic rings. The van der Waals surface area contributed by atoms with Gasteiger partial charge in [-0.25, -0.2) is 0 Å². The lowest BCUT2D eigenvalue weighted by atomic mass is 9.78. The van der Waals surface area contributed by atoms with E-state index in [4.69, 9.17) is 4.74 Å². The molecule has 1 nitrogen and oxygen atoms in total. The number of halogens is 4. The molecule has 0 saturated carbocycles. The summed E-state index contributed by atoms with van der Waals surface area (Å²) in [4.78, 5) is 0. The quantitative estimate of drug-likeness (QED) is 0.213. The Hall–Kier alpha value is -0.980. The minimum Gasteiger partial charge on any atom is -0.429 e. The number of allylic oxidation sites excluding steroid dienone is 7. The fourth-order valence-electron chi connectivity index (χ4n) is 4.44. The maximum absolute atomic E-state index is 15.3. The van der Waals surface area contributed by atoms with E-state index in [1.54, 1.807) is 24.3 Å². The van der Waals surface area contributed by atoms with Gasteiger partial charge in [-0.05, 0) is 73.0 Å². The van der Waals surface area contributed by atoms with E-state index in [9.17, 15) is 4.39 Å². The van der Waals surface area contributed by atoms with Crippen LogP contribution in [0.25, 0.3) is 0 Å². The predicted octanol–water partition coefficient (Wildman–Crippen LogP) is 8.50. The van der Waals surface area contributed by atoms with Gasteiger partial charge in [-0.15, -0.1) is 0 Å². The molecular weight excluding hydrogens is 500 g/mol. The van der Waals surface area contributed by atoms with Crippen LogP contribution in [0.4, 0.5) is 13.2 Å². The number of ether oxygens (including phenoxy) is 1. The van der Waals surface area contributed by atoms with Crippen LogP contribution in [0.3, 0.4) is 0 Å². The SMILES string of the molecule is CC1=CC(C)(CCCI)C=C(C(F)(F)OC2=CC(C)(CCCF)CC(C)C=C2)C=C1. The molecule has 0 N–H and O–H groups in total. The van der Waals surface area contributed by atoms with Crippen LogP contribution in [0.2, 0.25) is 0 Å². The first-order valence-corrected chi connectivity index (χ1v) is 12.2. The molecule has 0 aliphatic heterocycles. The highest BCUT2D eigenvalue weighted by molar-refractivity contribution is 14.1. The van der Waals surface area contributed by atoms with Crippen LogP contribution in [0.15, 0.2) is 59.4 Å². The van der Waals surface area contributed by atoms with E-state index in [0.29, 0.717) is 12.8 Å². The third kappa shape index (κ3) is 7.31. The Bertz CT molecular complexity index is 749. The van der Waals surface area contributed by atoms with E-state index in [1.165, 1.54) is 6.08 Å². The minimum absolute atomic E-state index is 0.122. The summed E-state index contributed by atoms with van der Waals surface area (Å²) < 4.78 is 49.6. The number of hydrogen-bond acceptors (Lipinski definition) is 1. The highest BCUT2D eigenvalue weighted by atomic mass is 127. The fourth-order valence-corrected chi connectivity index (χ4v) is 4.82. The first-order chi connectivity index (χ1) is 14.0. The second-order valence-corrected chi connectivity index (χ2v) is 10.4. The van der Waals surface area contributed by atoms with Crippen molar-refractivity contribution < 1.29 is 17.9 Å². The molecule has 0 radical (unpaired) electrons. The molecule has 0 aromatic rings. The summed E-state index contributed by atoms with van der Waals surface area (Å²) >= 11 is 2.31. The topological polar surface area (TPSA) is 9.23 Å². The maximum Gasteiger partial charge on any atom is 0.426 e. The molecule has 30 heavy (non-hydrogen) atoms. The van der Waals surface area contributed by atoms with Crippen LogP contribution in [-0.2, 0) is 4.74 Å². The van der Waals surface area contributed by atoms with Crippen molar-refractivity contribution in [2.75, 3.05) is 11.1 Å². The third-order valence-corrected chi connectivity index (χ3v) is 6.51. The Morgan fingerprint density at radius 3 is 2.50 bits per heavy atom. The van der Waals surface area contributed by atoms with Crippen LogP contribution < -0.4 is 0 Å². The minimum atomic E-state index is -3.45. The molecule has 0 spiro atoms. The van der Waals surface area contributed by atoms with Crippen molar-refractivity contribution in [2.45, 2.75) is 65.9 Å². The van der Waals surface area contributed by atoms with Gasteiger partial charge in [-0.1, -0.05) is 73.2 Å². The zero-order valence-electron chi connectivity index (χ0n) is 18.5.